The first kappa shape index (κ1) is 13.8. The fourth-order valence-corrected chi connectivity index (χ4v) is 1.80. The molecule has 0 aliphatic rings. The minimum Gasteiger partial charge on any atom is -0.384 e. The van der Waals surface area contributed by atoms with Gasteiger partial charge in [-0.1, -0.05) is 24.6 Å². The molecule has 4 N–H and O–H groups in total. The van der Waals surface area contributed by atoms with Crippen molar-refractivity contribution in [1.82, 2.24) is 5.32 Å². The summed E-state index contributed by atoms with van der Waals surface area (Å²) in [5, 5.41) is 6.78. The molecule has 0 saturated heterocycles. The summed E-state index contributed by atoms with van der Waals surface area (Å²) in [7, 11) is 0. The number of carbonyl (C=O) groups excluding carboxylic acids is 1. The maximum atomic E-state index is 11.3. The van der Waals surface area contributed by atoms with Crippen LogP contribution in [0.4, 0.5) is 5.69 Å². The number of hydrogen-bond donors (Lipinski definition) is 3. The van der Waals surface area contributed by atoms with Gasteiger partial charge in [0, 0.05) is 12.2 Å². The van der Waals surface area contributed by atoms with E-state index in [9.17, 15) is 4.79 Å². The van der Waals surface area contributed by atoms with E-state index in [-0.39, 0.29) is 0 Å². The highest BCUT2D eigenvalue weighted by molar-refractivity contribution is 6.34. The first-order valence-electron chi connectivity index (χ1n) is 5.69. The molecule has 0 spiro atoms. The maximum absolute atomic E-state index is 11.3. The van der Waals surface area contributed by atoms with E-state index >= 15 is 0 Å². The first-order valence-corrected chi connectivity index (χ1v) is 6.07. The summed E-state index contributed by atoms with van der Waals surface area (Å²) >= 11 is 5.93. The van der Waals surface area contributed by atoms with Gasteiger partial charge in [0.1, 0.15) is 0 Å². The minimum absolute atomic E-state index is 0.359. The van der Waals surface area contributed by atoms with Gasteiger partial charge in [-0.3, -0.25) is 4.79 Å². The molecule has 0 aliphatic carbocycles. The second-order valence-corrected chi connectivity index (χ2v) is 4.07. The van der Waals surface area contributed by atoms with Crippen molar-refractivity contribution < 1.29 is 4.79 Å². The van der Waals surface area contributed by atoms with Gasteiger partial charge in [-0.05, 0) is 31.6 Å². The molecule has 1 rings (SSSR count). The number of carbonyl (C=O) groups is 1. The van der Waals surface area contributed by atoms with Crippen LogP contribution in [0.3, 0.4) is 0 Å². The molecule has 1 aromatic rings. The molecule has 1 aromatic carbocycles. The summed E-state index contributed by atoms with van der Waals surface area (Å²) in [6.45, 7) is 4.74. The molecule has 94 valence electrons. The predicted molar refractivity (Wildman–Crippen MR) is 71.6 cm³/mol. The van der Waals surface area contributed by atoms with Crippen LogP contribution in [0.1, 0.15) is 23.7 Å². The van der Waals surface area contributed by atoms with Crippen LogP contribution >= 0.6 is 11.6 Å². The number of primary amides is 1. The molecule has 0 atom stereocenters. The molecule has 0 aromatic heterocycles. The smallest absolute Gasteiger partial charge is 0.252 e. The number of halogens is 1. The lowest BCUT2D eigenvalue weighted by molar-refractivity contribution is 0.100. The number of nitrogens with two attached hydrogens (primary N) is 1. The van der Waals surface area contributed by atoms with Crippen molar-refractivity contribution in [2.75, 3.05) is 25.0 Å². The van der Waals surface area contributed by atoms with Crippen molar-refractivity contribution in [3.63, 3.8) is 0 Å². The number of hydrogen-bond acceptors (Lipinski definition) is 3. The van der Waals surface area contributed by atoms with E-state index in [1.54, 1.807) is 18.2 Å². The molecule has 0 saturated carbocycles. The van der Waals surface area contributed by atoms with Crippen molar-refractivity contribution in [2.45, 2.75) is 13.3 Å². The standard InChI is InChI=1S/C12H18ClN3O/c1-2-15-7-4-8-16-10-6-3-5-9(13)11(10)12(14)17/h3,5-6,15-16H,2,4,7-8H2,1H3,(H2,14,17). The van der Waals surface area contributed by atoms with E-state index < -0.39 is 5.91 Å². The number of benzene rings is 1. The van der Waals surface area contributed by atoms with Gasteiger partial charge >= 0.3 is 0 Å². The SMILES string of the molecule is CCNCCCNc1cccc(Cl)c1C(N)=O. The molecule has 0 heterocycles. The van der Waals surface area contributed by atoms with Gasteiger partial charge in [0.15, 0.2) is 0 Å². The minimum atomic E-state index is -0.509. The highest BCUT2D eigenvalue weighted by Gasteiger charge is 2.11. The van der Waals surface area contributed by atoms with Gasteiger partial charge < -0.3 is 16.4 Å². The van der Waals surface area contributed by atoms with Crippen LogP contribution in [-0.4, -0.2) is 25.5 Å². The van der Waals surface area contributed by atoms with E-state index in [1.807, 2.05) is 0 Å². The second-order valence-electron chi connectivity index (χ2n) is 3.66. The third-order valence-corrected chi connectivity index (χ3v) is 2.67. The van der Waals surface area contributed by atoms with Crippen LogP contribution in [0, 0.1) is 0 Å². The number of nitrogens with one attached hydrogen (secondary N) is 2. The molecule has 4 nitrogen and oxygen atoms in total. The summed E-state index contributed by atoms with van der Waals surface area (Å²) in [6.07, 6.45) is 0.971. The average molecular weight is 256 g/mol. The van der Waals surface area contributed by atoms with Gasteiger partial charge in [0.25, 0.3) is 5.91 Å². The number of rotatable bonds is 7. The van der Waals surface area contributed by atoms with Crippen molar-refractivity contribution in [2.24, 2.45) is 5.73 Å². The lowest BCUT2D eigenvalue weighted by atomic mass is 10.1. The second kappa shape index (κ2) is 7.14. The summed E-state index contributed by atoms with van der Waals surface area (Å²) in [4.78, 5) is 11.3. The molecule has 17 heavy (non-hydrogen) atoms. The van der Waals surface area contributed by atoms with E-state index in [0.717, 1.165) is 26.1 Å². The summed E-state index contributed by atoms with van der Waals surface area (Å²) in [5.74, 6) is -0.509. The Morgan fingerprint density at radius 3 is 2.82 bits per heavy atom. The Morgan fingerprint density at radius 1 is 1.41 bits per heavy atom. The van der Waals surface area contributed by atoms with Gasteiger partial charge in [-0.25, -0.2) is 0 Å². The number of amides is 1. The molecular weight excluding hydrogens is 238 g/mol. The van der Waals surface area contributed by atoms with Gasteiger partial charge in [-0.2, -0.15) is 0 Å². The Labute approximate surface area is 107 Å². The molecule has 0 bridgehead atoms. The van der Waals surface area contributed by atoms with Crippen molar-refractivity contribution >= 4 is 23.2 Å². The van der Waals surface area contributed by atoms with Crippen molar-refractivity contribution in [1.29, 1.82) is 0 Å². The van der Waals surface area contributed by atoms with Crippen molar-refractivity contribution in [3.8, 4) is 0 Å². The van der Waals surface area contributed by atoms with Crippen LogP contribution in [0.15, 0.2) is 18.2 Å². The molecule has 0 fully saturated rings. The highest BCUT2D eigenvalue weighted by atomic mass is 35.5. The third kappa shape index (κ3) is 4.24. The number of anilines is 1. The van der Waals surface area contributed by atoms with E-state index in [1.165, 1.54) is 0 Å². The first-order chi connectivity index (χ1) is 8.16. The lowest BCUT2D eigenvalue weighted by Gasteiger charge is -2.11. The van der Waals surface area contributed by atoms with Crippen LogP contribution in [-0.2, 0) is 0 Å². The van der Waals surface area contributed by atoms with E-state index in [2.05, 4.69) is 17.6 Å². The third-order valence-electron chi connectivity index (χ3n) is 2.36. The lowest BCUT2D eigenvalue weighted by Crippen LogP contribution is -2.19. The van der Waals surface area contributed by atoms with Crippen LogP contribution < -0.4 is 16.4 Å². The topological polar surface area (TPSA) is 67.2 Å². The fourth-order valence-electron chi connectivity index (χ4n) is 1.54. The van der Waals surface area contributed by atoms with Gasteiger partial charge in [0.05, 0.1) is 10.6 Å². The zero-order valence-corrected chi connectivity index (χ0v) is 10.7. The molecule has 0 aliphatic heterocycles. The Kier molecular flexibility index (Phi) is 5.80. The average Bonchev–Trinajstić information content (AvgIpc) is 2.28. The largest absolute Gasteiger partial charge is 0.384 e. The molecule has 0 unspecified atom stereocenters. The van der Waals surface area contributed by atoms with Gasteiger partial charge in [-0.15, -0.1) is 0 Å². The Balaban J connectivity index is 2.58. The molecule has 0 radical (unpaired) electrons. The van der Waals surface area contributed by atoms with Crippen LogP contribution in [0.2, 0.25) is 5.02 Å². The Bertz CT molecular complexity index is 382. The monoisotopic (exact) mass is 255 g/mol. The Hall–Kier alpha value is -1.26. The zero-order valence-electron chi connectivity index (χ0n) is 9.92. The summed E-state index contributed by atoms with van der Waals surface area (Å²) in [5.41, 5.74) is 6.35. The fraction of sp³-hybridized carbons (Fsp3) is 0.417. The predicted octanol–water partition coefficient (Wildman–Crippen LogP) is 1.85. The van der Waals surface area contributed by atoms with Crippen molar-refractivity contribution in [3.05, 3.63) is 28.8 Å². The van der Waals surface area contributed by atoms with E-state index in [0.29, 0.717) is 16.3 Å². The highest BCUT2D eigenvalue weighted by Crippen LogP contribution is 2.23. The Morgan fingerprint density at radius 2 is 2.18 bits per heavy atom. The molecule has 5 heteroatoms. The molecule has 1 amide bonds. The summed E-state index contributed by atoms with van der Waals surface area (Å²) < 4.78 is 0. The maximum Gasteiger partial charge on any atom is 0.252 e. The normalized spacial score (nSPS) is 10.2. The van der Waals surface area contributed by atoms with Crippen LogP contribution in [0.25, 0.3) is 0 Å². The quantitative estimate of drug-likeness (QED) is 0.652. The zero-order chi connectivity index (χ0) is 12.7. The van der Waals surface area contributed by atoms with E-state index in [4.69, 9.17) is 17.3 Å². The van der Waals surface area contributed by atoms with Crippen LogP contribution in [0.5, 0.6) is 0 Å². The summed E-state index contributed by atoms with van der Waals surface area (Å²) in [6, 6.07) is 5.26. The molecular formula is C12H18ClN3O. The van der Waals surface area contributed by atoms with Gasteiger partial charge in [0.2, 0.25) is 0 Å².